The predicted molar refractivity (Wildman–Crippen MR) is 130 cm³/mol. The first-order chi connectivity index (χ1) is 16.0. The molecule has 0 unspecified atom stereocenters. The molecule has 0 bridgehead atoms. The third-order valence-corrected chi connectivity index (χ3v) is 6.95. The van der Waals surface area contributed by atoms with Gasteiger partial charge in [-0.3, -0.25) is 14.6 Å². The van der Waals surface area contributed by atoms with Gasteiger partial charge in [0.15, 0.2) is 0 Å². The normalized spacial score (nSPS) is 20.1. The number of likely N-dealkylation sites (N-methyl/N-ethyl adjacent to an activating group) is 1. The highest BCUT2D eigenvalue weighted by Gasteiger charge is 2.37. The molecule has 3 heterocycles. The summed E-state index contributed by atoms with van der Waals surface area (Å²) in [4.78, 5) is 34.6. The van der Waals surface area contributed by atoms with Crippen molar-refractivity contribution in [2.75, 3.05) is 25.0 Å². The number of nitrogens with zero attached hydrogens (tertiary/aromatic N) is 3. The molecule has 0 saturated carbocycles. The van der Waals surface area contributed by atoms with Gasteiger partial charge in [0.05, 0.1) is 5.92 Å². The number of piperidine rings is 1. The van der Waals surface area contributed by atoms with Crippen LogP contribution in [0.3, 0.4) is 0 Å². The number of hydrogen-bond acceptors (Lipinski definition) is 3. The van der Waals surface area contributed by atoms with Gasteiger partial charge in [-0.25, -0.2) is 0 Å². The summed E-state index contributed by atoms with van der Waals surface area (Å²) in [7, 11) is 1.79. The minimum atomic E-state index is -0.388. The van der Waals surface area contributed by atoms with E-state index in [0.717, 1.165) is 47.6 Å². The van der Waals surface area contributed by atoms with Crippen LogP contribution in [0.2, 0.25) is 0 Å². The minimum absolute atomic E-state index is 0.00552. The van der Waals surface area contributed by atoms with Crippen LogP contribution in [-0.2, 0) is 9.59 Å². The van der Waals surface area contributed by atoms with Gasteiger partial charge in [-0.2, -0.15) is 0 Å². The lowest BCUT2D eigenvalue weighted by Gasteiger charge is -2.33. The van der Waals surface area contributed by atoms with Crippen LogP contribution < -0.4 is 4.90 Å². The van der Waals surface area contributed by atoms with Gasteiger partial charge in [-0.15, -0.1) is 0 Å². The van der Waals surface area contributed by atoms with Gasteiger partial charge in [0.25, 0.3) is 0 Å². The molecular weight excluding hydrogens is 410 g/mol. The third-order valence-electron chi connectivity index (χ3n) is 6.95. The van der Waals surface area contributed by atoms with E-state index in [1.165, 1.54) is 5.56 Å². The fourth-order valence-electron chi connectivity index (χ4n) is 5.22. The quantitative estimate of drug-likeness (QED) is 0.580. The van der Waals surface area contributed by atoms with Crippen molar-refractivity contribution in [2.24, 2.45) is 0 Å². The van der Waals surface area contributed by atoms with Crippen LogP contribution in [0.5, 0.6) is 0 Å². The van der Waals surface area contributed by atoms with E-state index in [4.69, 9.17) is 4.98 Å². The van der Waals surface area contributed by atoms with Crippen molar-refractivity contribution >= 4 is 17.5 Å². The molecule has 2 amide bonds. The number of hydrogen-bond donors (Lipinski definition) is 0. The number of benzene rings is 2. The highest BCUT2D eigenvalue weighted by Crippen LogP contribution is 2.39. The van der Waals surface area contributed by atoms with Gasteiger partial charge < -0.3 is 9.80 Å². The summed E-state index contributed by atoms with van der Waals surface area (Å²) in [6.07, 6.45) is 2.19. The van der Waals surface area contributed by atoms with E-state index in [-0.39, 0.29) is 30.1 Å². The molecule has 3 aromatic rings. The van der Waals surface area contributed by atoms with E-state index < -0.39 is 0 Å². The molecule has 2 aromatic carbocycles. The van der Waals surface area contributed by atoms with Gasteiger partial charge in [-0.05, 0) is 54.7 Å². The van der Waals surface area contributed by atoms with Crippen molar-refractivity contribution in [3.8, 4) is 11.1 Å². The monoisotopic (exact) mass is 439 g/mol. The lowest BCUT2D eigenvalue weighted by atomic mass is 9.91. The van der Waals surface area contributed by atoms with Crippen LogP contribution >= 0.6 is 0 Å². The summed E-state index contributed by atoms with van der Waals surface area (Å²) >= 11 is 0. The fraction of sp³-hybridized carbons (Fsp3) is 0.321. The number of carbonyl (C=O) groups is 2. The number of anilines is 1. The Bertz CT molecular complexity index is 1190. The maximum atomic E-state index is 13.3. The summed E-state index contributed by atoms with van der Waals surface area (Å²) in [5, 5.41) is 0. The summed E-state index contributed by atoms with van der Waals surface area (Å²) < 4.78 is 0. The SMILES string of the molecule is Cc1cc(-c2ccccc2)cc([C@H]2CCCN(C(=O)C[C@H]3C(=O)N(C)c4ccccc43)C2)n1. The van der Waals surface area contributed by atoms with Crippen molar-refractivity contribution in [1.29, 1.82) is 0 Å². The maximum absolute atomic E-state index is 13.3. The second-order valence-corrected chi connectivity index (χ2v) is 9.18. The summed E-state index contributed by atoms with van der Waals surface area (Å²) in [6.45, 7) is 3.42. The van der Waals surface area contributed by atoms with Crippen molar-refractivity contribution < 1.29 is 9.59 Å². The standard InChI is InChI=1S/C28H29N3O2/c1-19-15-22(20-9-4-3-5-10-20)16-25(29-19)21-11-8-14-31(18-21)27(32)17-24-23-12-6-7-13-26(23)30(2)28(24)33/h3-7,9-10,12-13,15-16,21,24H,8,11,14,17-18H2,1-2H3/t21-,24+/m0/s1. The number of amides is 2. The number of rotatable bonds is 4. The molecule has 2 aliphatic heterocycles. The molecule has 0 N–H and O–H groups in total. The van der Waals surface area contributed by atoms with Crippen LogP contribution in [0, 0.1) is 6.92 Å². The number of fused-ring (bicyclic) bond motifs is 1. The molecule has 33 heavy (non-hydrogen) atoms. The summed E-state index contributed by atoms with van der Waals surface area (Å²) in [5.74, 6) is -0.120. The molecule has 5 heteroatoms. The van der Waals surface area contributed by atoms with Crippen LogP contribution in [0.15, 0.2) is 66.7 Å². The average Bonchev–Trinajstić information content (AvgIpc) is 3.09. The van der Waals surface area contributed by atoms with Crippen molar-refractivity contribution in [3.05, 3.63) is 83.7 Å². The molecular formula is C28H29N3O2. The maximum Gasteiger partial charge on any atom is 0.234 e. The minimum Gasteiger partial charge on any atom is -0.342 e. The largest absolute Gasteiger partial charge is 0.342 e. The van der Waals surface area contributed by atoms with Crippen LogP contribution in [0.1, 0.15) is 48.0 Å². The second-order valence-electron chi connectivity index (χ2n) is 9.18. The van der Waals surface area contributed by atoms with E-state index in [0.29, 0.717) is 6.54 Å². The van der Waals surface area contributed by atoms with E-state index >= 15 is 0 Å². The lowest BCUT2D eigenvalue weighted by Crippen LogP contribution is -2.40. The van der Waals surface area contributed by atoms with Crippen LogP contribution in [0.4, 0.5) is 5.69 Å². The Balaban J connectivity index is 1.33. The zero-order valence-electron chi connectivity index (χ0n) is 19.2. The molecule has 0 spiro atoms. The number of pyridine rings is 1. The fourth-order valence-corrected chi connectivity index (χ4v) is 5.22. The first kappa shape index (κ1) is 21.4. The molecule has 0 radical (unpaired) electrons. The highest BCUT2D eigenvalue weighted by molar-refractivity contribution is 6.06. The Morgan fingerprint density at radius 1 is 1.03 bits per heavy atom. The third kappa shape index (κ3) is 4.15. The van der Waals surface area contributed by atoms with E-state index in [1.807, 2.05) is 54.3 Å². The number of carbonyl (C=O) groups excluding carboxylic acids is 2. The number of likely N-dealkylation sites (tertiary alicyclic amines) is 1. The summed E-state index contributed by atoms with van der Waals surface area (Å²) in [6, 6.07) is 22.4. The van der Waals surface area contributed by atoms with Gasteiger partial charge >= 0.3 is 0 Å². The highest BCUT2D eigenvalue weighted by atomic mass is 16.2. The van der Waals surface area contributed by atoms with Gasteiger partial charge in [0, 0.05) is 49.6 Å². The van der Waals surface area contributed by atoms with Crippen molar-refractivity contribution in [3.63, 3.8) is 0 Å². The Kier molecular flexibility index (Phi) is 5.71. The zero-order chi connectivity index (χ0) is 22.9. The zero-order valence-corrected chi connectivity index (χ0v) is 19.2. The molecule has 5 rings (SSSR count). The molecule has 168 valence electrons. The van der Waals surface area contributed by atoms with E-state index in [9.17, 15) is 9.59 Å². The Hall–Kier alpha value is -3.47. The van der Waals surface area contributed by atoms with E-state index in [2.05, 4.69) is 24.3 Å². The van der Waals surface area contributed by atoms with Gasteiger partial charge in [0.2, 0.25) is 11.8 Å². The Morgan fingerprint density at radius 3 is 2.61 bits per heavy atom. The van der Waals surface area contributed by atoms with Crippen LogP contribution in [0.25, 0.3) is 11.1 Å². The first-order valence-corrected chi connectivity index (χ1v) is 11.7. The smallest absolute Gasteiger partial charge is 0.234 e. The molecule has 1 saturated heterocycles. The summed E-state index contributed by atoms with van der Waals surface area (Å²) in [5.41, 5.74) is 6.25. The molecule has 0 aliphatic carbocycles. The molecule has 2 atom stereocenters. The Labute approximate surface area is 195 Å². The number of para-hydroxylation sites is 1. The van der Waals surface area contributed by atoms with Gasteiger partial charge in [0.1, 0.15) is 0 Å². The van der Waals surface area contributed by atoms with E-state index in [1.54, 1.807) is 11.9 Å². The second kappa shape index (κ2) is 8.81. The topological polar surface area (TPSA) is 53.5 Å². The lowest BCUT2D eigenvalue weighted by molar-refractivity contribution is -0.134. The van der Waals surface area contributed by atoms with Gasteiger partial charge in [-0.1, -0.05) is 48.5 Å². The molecule has 1 fully saturated rings. The van der Waals surface area contributed by atoms with Crippen LogP contribution in [-0.4, -0.2) is 41.8 Å². The number of aryl methyl sites for hydroxylation is 1. The molecule has 2 aliphatic rings. The number of aromatic nitrogens is 1. The van der Waals surface area contributed by atoms with Crippen molar-refractivity contribution in [1.82, 2.24) is 9.88 Å². The van der Waals surface area contributed by atoms with Crippen molar-refractivity contribution in [2.45, 2.75) is 38.0 Å². The molecule has 5 nitrogen and oxygen atoms in total. The Morgan fingerprint density at radius 2 is 1.79 bits per heavy atom. The molecule has 1 aromatic heterocycles. The average molecular weight is 440 g/mol. The first-order valence-electron chi connectivity index (χ1n) is 11.7. The predicted octanol–water partition coefficient (Wildman–Crippen LogP) is 4.91.